The third kappa shape index (κ3) is 3.77. The van der Waals surface area contributed by atoms with Crippen LogP contribution in [0.15, 0.2) is 49.2 Å². The summed E-state index contributed by atoms with van der Waals surface area (Å²) >= 11 is 0. The summed E-state index contributed by atoms with van der Waals surface area (Å²) in [4.78, 5) is 8.33. The Labute approximate surface area is 111 Å². The van der Waals surface area contributed by atoms with Crippen LogP contribution in [0.2, 0.25) is 0 Å². The van der Waals surface area contributed by atoms with Gasteiger partial charge in [0.05, 0.1) is 0 Å². The minimum absolute atomic E-state index is 0.240. The summed E-state index contributed by atoms with van der Waals surface area (Å²) in [6.45, 7) is 4.59. The van der Waals surface area contributed by atoms with Gasteiger partial charge in [-0.1, -0.05) is 24.3 Å². The molecule has 2 N–H and O–H groups in total. The Balaban J connectivity index is 1.99. The zero-order chi connectivity index (χ0) is 13.5. The van der Waals surface area contributed by atoms with Gasteiger partial charge < -0.3 is 10.6 Å². The van der Waals surface area contributed by atoms with Crippen molar-refractivity contribution in [2.24, 2.45) is 0 Å². The van der Waals surface area contributed by atoms with Crippen molar-refractivity contribution in [3.8, 4) is 0 Å². The van der Waals surface area contributed by atoms with E-state index in [1.807, 2.05) is 0 Å². The normalized spacial score (nSPS) is 9.95. The van der Waals surface area contributed by atoms with Gasteiger partial charge in [-0.05, 0) is 12.1 Å². The molecular formula is C14H15FN4. The molecule has 98 valence electrons. The Kier molecular flexibility index (Phi) is 4.44. The molecule has 1 aromatic carbocycles. The predicted molar refractivity (Wildman–Crippen MR) is 74.4 cm³/mol. The molecule has 1 aromatic heterocycles. The van der Waals surface area contributed by atoms with E-state index < -0.39 is 0 Å². The molecule has 0 saturated carbocycles. The van der Waals surface area contributed by atoms with Gasteiger partial charge in [0.1, 0.15) is 11.6 Å². The standard InChI is InChI=1S/C14H15FN4/c1-2-8-16-13-7-9-17-14(19-13)18-10-11-5-3-4-6-12(11)15/h2-7,9H,1,8,10H2,(H2,16,17,18,19). The van der Waals surface area contributed by atoms with Gasteiger partial charge >= 0.3 is 0 Å². The molecule has 0 radical (unpaired) electrons. The van der Waals surface area contributed by atoms with Crippen LogP contribution in [-0.2, 0) is 6.54 Å². The summed E-state index contributed by atoms with van der Waals surface area (Å²) in [7, 11) is 0. The molecule has 1 heterocycles. The molecule has 0 spiro atoms. The first-order chi connectivity index (χ1) is 9.29. The van der Waals surface area contributed by atoms with Gasteiger partial charge in [0, 0.05) is 24.8 Å². The average molecular weight is 258 g/mol. The number of halogens is 1. The monoisotopic (exact) mass is 258 g/mol. The number of rotatable bonds is 6. The third-order valence-electron chi connectivity index (χ3n) is 2.48. The largest absolute Gasteiger partial charge is 0.366 e. The molecule has 19 heavy (non-hydrogen) atoms. The van der Waals surface area contributed by atoms with Crippen molar-refractivity contribution in [3.05, 3.63) is 60.6 Å². The van der Waals surface area contributed by atoms with E-state index in [-0.39, 0.29) is 5.82 Å². The van der Waals surface area contributed by atoms with Crippen LogP contribution in [0.4, 0.5) is 16.2 Å². The van der Waals surface area contributed by atoms with Crippen molar-refractivity contribution in [2.75, 3.05) is 17.2 Å². The zero-order valence-electron chi connectivity index (χ0n) is 10.4. The van der Waals surface area contributed by atoms with Gasteiger partial charge in [-0.3, -0.25) is 0 Å². The molecule has 0 aliphatic heterocycles. The first-order valence-electron chi connectivity index (χ1n) is 5.94. The maximum Gasteiger partial charge on any atom is 0.224 e. The first-order valence-corrected chi connectivity index (χ1v) is 5.94. The van der Waals surface area contributed by atoms with E-state index in [0.717, 1.165) is 0 Å². The molecule has 0 aliphatic rings. The van der Waals surface area contributed by atoms with Crippen molar-refractivity contribution in [3.63, 3.8) is 0 Å². The smallest absolute Gasteiger partial charge is 0.224 e. The van der Waals surface area contributed by atoms with Crippen molar-refractivity contribution < 1.29 is 4.39 Å². The van der Waals surface area contributed by atoms with Gasteiger partial charge in [-0.15, -0.1) is 6.58 Å². The lowest BCUT2D eigenvalue weighted by Gasteiger charge is -2.07. The van der Waals surface area contributed by atoms with Gasteiger partial charge in [0.25, 0.3) is 0 Å². The highest BCUT2D eigenvalue weighted by Gasteiger charge is 2.02. The van der Waals surface area contributed by atoms with Crippen molar-refractivity contribution in [1.29, 1.82) is 0 Å². The molecule has 2 rings (SSSR count). The van der Waals surface area contributed by atoms with Gasteiger partial charge in [0.15, 0.2) is 0 Å². The second-order valence-corrected chi connectivity index (χ2v) is 3.88. The highest BCUT2D eigenvalue weighted by atomic mass is 19.1. The third-order valence-corrected chi connectivity index (χ3v) is 2.48. The molecule has 2 aromatic rings. The molecular weight excluding hydrogens is 243 g/mol. The number of benzene rings is 1. The van der Waals surface area contributed by atoms with Crippen LogP contribution in [0, 0.1) is 5.82 Å². The van der Waals surface area contributed by atoms with Crippen LogP contribution in [0.3, 0.4) is 0 Å². The van der Waals surface area contributed by atoms with Crippen LogP contribution >= 0.6 is 0 Å². The van der Waals surface area contributed by atoms with E-state index >= 15 is 0 Å². The number of anilines is 2. The van der Waals surface area contributed by atoms with E-state index in [2.05, 4.69) is 27.2 Å². The number of aromatic nitrogens is 2. The summed E-state index contributed by atoms with van der Waals surface area (Å²) in [5, 5.41) is 6.05. The predicted octanol–water partition coefficient (Wildman–Crippen LogP) is 2.83. The summed E-state index contributed by atoms with van der Waals surface area (Å²) in [5.41, 5.74) is 0.579. The number of nitrogens with one attached hydrogen (secondary N) is 2. The lowest BCUT2D eigenvalue weighted by molar-refractivity contribution is 0.612. The van der Waals surface area contributed by atoms with E-state index in [0.29, 0.717) is 30.4 Å². The Bertz CT molecular complexity index is 557. The van der Waals surface area contributed by atoms with Crippen LogP contribution in [0.1, 0.15) is 5.56 Å². The molecule has 0 amide bonds. The topological polar surface area (TPSA) is 49.8 Å². The van der Waals surface area contributed by atoms with Crippen LogP contribution < -0.4 is 10.6 Å². The molecule has 0 unspecified atom stereocenters. The summed E-state index contributed by atoms with van der Waals surface area (Å²) < 4.78 is 13.4. The van der Waals surface area contributed by atoms with Crippen LogP contribution in [0.25, 0.3) is 0 Å². The van der Waals surface area contributed by atoms with E-state index in [1.165, 1.54) is 6.07 Å². The van der Waals surface area contributed by atoms with Crippen molar-refractivity contribution in [1.82, 2.24) is 9.97 Å². The van der Waals surface area contributed by atoms with E-state index in [9.17, 15) is 4.39 Å². The second-order valence-electron chi connectivity index (χ2n) is 3.88. The lowest BCUT2D eigenvalue weighted by atomic mass is 10.2. The van der Waals surface area contributed by atoms with E-state index in [4.69, 9.17) is 0 Å². The maximum atomic E-state index is 13.4. The lowest BCUT2D eigenvalue weighted by Crippen LogP contribution is -2.07. The van der Waals surface area contributed by atoms with Crippen molar-refractivity contribution in [2.45, 2.75) is 6.54 Å². The SMILES string of the molecule is C=CCNc1ccnc(NCc2ccccc2F)n1. The van der Waals surface area contributed by atoms with Gasteiger partial charge in [-0.25, -0.2) is 9.37 Å². The Hall–Kier alpha value is -2.43. The van der Waals surface area contributed by atoms with Crippen LogP contribution in [0.5, 0.6) is 0 Å². The number of nitrogens with zero attached hydrogens (tertiary/aromatic N) is 2. The first kappa shape index (κ1) is 13.0. The second kappa shape index (κ2) is 6.49. The molecule has 0 aliphatic carbocycles. The molecule has 0 fully saturated rings. The van der Waals surface area contributed by atoms with Gasteiger partial charge in [-0.2, -0.15) is 4.98 Å². The fourth-order valence-corrected chi connectivity index (χ4v) is 1.54. The highest BCUT2D eigenvalue weighted by Crippen LogP contribution is 2.10. The minimum Gasteiger partial charge on any atom is -0.366 e. The molecule has 0 saturated heterocycles. The van der Waals surface area contributed by atoms with Crippen LogP contribution in [-0.4, -0.2) is 16.5 Å². The molecule has 0 bridgehead atoms. The number of hydrogen-bond donors (Lipinski definition) is 2. The summed E-state index contributed by atoms with van der Waals surface area (Å²) in [5.74, 6) is 0.916. The zero-order valence-corrected chi connectivity index (χ0v) is 10.4. The summed E-state index contributed by atoms with van der Waals surface area (Å²) in [6, 6.07) is 8.37. The maximum absolute atomic E-state index is 13.4. The average Bonchev–Trinajstić information content (AvgIpc) is 2.45. The van der Waals surface area contributed by atoms with Gasteiger partial charge in [0.2, 0.25) is 5.95 Å². The minimum atomic E-state index is -0.240. The Morgan fingerprint density at radius 2 is 2.05 bits per heavy atom. The number of hydrogen-bond acceptors (Lipinski definition) is 4. The molecule has 4 nitrogen and oxygen atoms in total. The van der Waals surface area contributed by atoms with E-state index in [1.54, 1.807) is 36.5 Å². The fourth-order valence-electron chi connectivity index (χ4n) is 1.54. The Morgan fingerprint density at radius 1 is 1.21 bits per heavy atom. The highest BCUT2D eigenvalue weighted by molar-refractivity contribution is 5.40. The Morgan fingerprint density at radius 3 is 2.84 bits per heavy atom. The fraction of sp³-hybridized carbons (Fsp3) is 0.143. The molecule has 5 heteroatoms. The summed E-state index contributed by atoms with van der Waals surface area (Å²) in [6.07, 6.45) is 3.39. The quantitative estimate of drug-likeness (QED) is 0.782. The molecule has 0 atom stereocenters. The van der Waals surface area contributed by atoms with Crippen molar-refractivity contribution >= 4 is 11.8 Å².